The molecule has 1 aliphatic heterocycles. The van der Waals surface area contributed by atoms with Crippen LogP contribution in [0.25, 0.3) is 0 Å². The molecule has 118 valence electrons. The molecule has 1 atom stereocenters. The summed E-state index contributed by atoms with van der Waals surface area (Å²) in [6.45, 7) is 0.415. The first kappa shape index (κ1) is 16.1. The zero-order chi connectivity index (χ0) is 15.6. The molecule has 3 N–H and O–H groups in total. The van der Waals surface area contributed by atoms with E-state index in [2.05, 4.69) is 0 Å². The Labute approximate surface area is 122 Å². The zero-order valence-corrected chi connectivity index (χ0v) is 12.2. The number of rotatable bonds is 4. The van der Waals surface area contributed by atoms with E-state index in [0.717, 1.165) is 22.9 Å². The molecule has 5 nitrogen and oxygen atoms in total. The number of aliphatic hydroxyl groups is 1. The van der Waals surface area contributed by atoms with Gasteiger partial charge in [0.05, 0.1) is 0 Å². The summed E-state index contributed by atoms with van der Waals surface area (Å²) < 4.78 is 53.2. The molecule has 1 heterocycles. The zero-order valence-electron chi connectivity index (χ0n) is 11.4. The van der Waals surface area contributed by atoms with E-state index in [0.29, 0.717) is 12.8 Å². The van der Waals surface area contributed by atoms with Crippen molar-refractivity contribution >= 4 is 15.7 Å². The van der Waals surface area contributed by atoms with E-state index >= 15 is 0 Å². The maximum absolute atomic E-state index is 13.8. The number of hydrogen-bond acceptors (Lipinski definition) is 4. The standard InChI is InChI=1S/C13H18F2N2O3S/c14-11-6-10(16)7-12(13(11)15)21(19,20)17-4-1-2-9(8-17)3-5-18/h6-7,9,18H,1-5,8,16H2. The van der Waals surface area contributed by atoms with E-state index in [1.165, 1.54) is 0 Å². The van der Waals surface area contributed by atoms with E-state index in [1.807, 2.05) is 0 Å². The molecular formula is C13H18F2N2O3S. The molecule has 0 amide bonds. The third-order valence-electron chi connectivity index (χ3n) is 3.65. The van der Waals surface area contributed by atoms with Crippen LogP contribution < -0.4 is 5.73 Å². The van der Waals surface area contributed by atoms with Crippen molar-refractivity contribution in [3.8, 4) is 0 Å². The van der Waals surface area contributed by atoms with E-state index in [4.69, 9.17) is 10.8 Å². The third kappa shape index (κ3) is 3.33. The predicted molar refractivity (Wildman–Crippen MR) is 74.0 cm³/mol. The number of nitrogen functional groups attached to an aromatic ring is 1. The van der Waals surface area contributed by atoms with Gasteiger partial charge in [-0.1, -0.05) is 0 Å². The maximum atomic E-state index is 13.8. The normalized spacial score (nSPS) is 20.6. The molecule has 21 heavy (non-hydrogen) atoms. The minimum Gasteiger partial charge on any atom is -0.399 e. The van der Waals surface area contributed by atoms with Crippen molar-refractivity contribution < 1.29 is 22.3 Å². The highest BCUT2D eigenvalue weighted by Gasteiger charge is 2.33. The summed E-state index contributed by atoms with van der Waals surface area (Å²) in [6, 6.07) is 1.68. The van der Waals surface area contributed by atoms with Crippen molar-refractivity contribution in [2.45, 2.75) is 24.2 Å². The Kier molecular flexibility index (Phi) is 4.80. The van der Waals surface area contributed by atoms with Crippen LogP contribution >= 0.6 is 0 Å². The lowest BCUT2D eigenvalue weighted by molar-refractivity contribution is 0.202. The Morgan fingerprint density at radius 2 is 2.10 bits per heavy atom. The summed E-state index contributed by atoms with van der Waals surface area (Å²) in [5.41, 5.74) is 5.26. The molecule has 1 aliphatic rings. The molecule has 0 aromatic heterocycles. The first-order valence-corrected chi connectivity index (χ1v) is 8.15. The van der Waals surface area contributed by atoms with E-state index < -0.39 is 26.6 Å². The van der Waals surface area contributed by atoms with Crippen LogP contribution in [0.5, 0.6) is 0 Å². The van der Waals surface area contributed by atoms with Crippen LogP contribution in [0.2, 0.25) is 0 Å². The predicted octanol–water partition coefficient (Wildman–Crippen LogP) is 1.33. The molecule has 1 aromatic rings. The van der Waals surface area contributed by atoms with Gasteiger partial charge in [-0.15, -0.1) is 0 Å². The van der Waals surface area contributed by atoms with Gasteiger partial charge >= 0.3 is 0 Å². The van der Waals surface area contributed by atoms with Gasteiger partial charge in [0.25, 0.3) is 0 Å². The summed E-state index contributed by atoms with van der Waals surface area (Å²) >= 11 is 0. The quantitative estimate of drug-likeness (QED) is 0.820. The van der Waals surface area contributed by atoms with E-state index in [-0.39, 0.29) is 31.3 Å². The summed E-state index contributed by atoms with van der Waals surface area (Å²) in [5, 5.41) is 8.95. The molecule has 2 rings (SSSR count). The average Bonchev–Trinajstić information content (AvgIpc) is 2.43. The van der Waals surface area contributed by atoms with Gasteiger partial charge in [-0.2, -0.15) is 4.31 Å². The fraction of sp³-hybridized carbons (Fsp3) is 0.538. The minimum atomic E-state index is -4.13. The first-order valence-electron chi connectivity index (χ1n) is 6.71. The lowest BCUT2D eigenvalue weighted by Crippen LogP contribution is -2.40. The largest absolute Gasteiger partial charge is 0.399 e. The van der Waals surface area contributed by atoms with Crippen molar-refractivity contribution in [3.05, 3.63) is 23.8 Å². The van der Waals surface area contributed by atoms with Gasteiger partial charge in [0.15, 0.2) is 11.6 Å². The Morgan fingerprint density at radius 3 is 2.76 bits per heavy atom. The molecule has 0 spiro atoms. The summed E-state index contributed by atoms with van der Waals surface area (Å²) in [4.78, 5) is -0.732. The van der Waals surface area contributed by atoms with Crippen molar-refractivity contribution in [1.29, 1.82) is 0 Å². The monoisotopic (exact) mass is 320 g/mol. The minimum absolute atomic E-state index is 0.0208. The molecule has 0 aliphatic carbocycles. The van der Waals surface area contributed by atoms with Crippen molar-refractivity contribution in [3.63, 3.8) is 0 Å². The van der Waals surface area contributed by atoms with Crippen LogP contribution in [-0.2, 0) is 10.0 Å². The van der Waals surface area contributed by atoms with Crippen molar-refractivity contribution in [2.75, 3.05) is 25.4 Å². The molecule has 0 bridgehead atoms. The van der Waals surface area contributed by atoms with Gasteiger partial charge in [-0.3, -0.25) is 0 Å². The molecule has 8 heteroatoms. The maximum Gasteiger partial charge on any atom is 0.246 e. The average molecular weight is 320 g/mol. The number of anilines is 1. The lowest BCUT2D eigenvalue weighted by atomic mass is 9.97. The van der Waals surface area contributed by atoms with E-state index in [9.17, 15) is 17.2 Å². The number of piperidine rings is 1. The van der Waals surface area contributed by atoms with Gasteiger partial charge in [-0.25, -0.2) is 17.2 Å². The number of nitrogens with two attached hydrogens (primary N) is 1. The van der Waals surface area contributed by atoms with Gasteiger partial charge in [-0.05, 0) is 37.3 Å². The van der Waals surface area contributed by atoms with Crippen LogP contribution in [0.3, 0.4) is 0 Å². The Hall–Kier alpha value is -1.25. The molecule has 1 saturated heterocycles. The second kappa shape index (κ2) is 6.25. The first-order chi connectivity index (χ1) is 9.86. The number of sulfonamides is 1. The Bertz CT molecular complexity index is 620. The van der Waals surface area contributed by atoms with Crippen molar-refractivity contribution in [2.24, 2.45) is 5.92 Å². The summed E-state index contributed by atoms with van der Waals surface area (Å²) in [6.07, 6.45) is 1.91. The number of aliphatic hydroxyl groups excluding tert-OH is 1. The number of halogens is 2. The Morgan fingerprint density at radius 1 is 1.38 bits per heavy atom. The van der Waals surface area contributed by atoms with Gasteiger partial charge < -0.3 is 10.8 Å². The summed E-state index contributed by atoms with van der Waals surface area (Å²) in [7, 11) is -4.13. The van der Waals surface area contributed by atoms with Crippen LogP contribution in [0.4, 0.5) is 14.5 Å². The molecule has 0 radical (unpaired) electrons. The molecule has 1 fully saturated rings. The highest BCUT2D eigenvalue weighted by atomic mass is 32.2. The second-order valence-electron chi connectivity index (χ2n) is 5.20. The molecule has 0 saturated carbocycles. The smallest absolute Gasteiger partial charge is 0.246 e. The second-order valence-corrected chi connectivity index (χ2v) is 7.10. The van der Waals surface area contributed by atoms with Crippen LogP contribution in [0.1, 0.15) is 19.3 Å². The SMILES string of the molecule is Nc1cc(F)c(F)c(S(=O)(=O)N2CCCC(CCO)C2)c1. The van der Waals surface area contributed by atoms with Gasteiger partial charge in [0.1, 0.15) is 4.90 Å². The highest BCUT2D eigenvalue weighted by molar-refractivity contribution is 7.89. The van der Waals surface area contributed by atoms with Crippen LogP contribution in [0, 0.1) is 17.6 Å². The number of nitrogens with zero attached hydrogens (tertiary/aromatic N) is 1. The van der Waals surface area contributed by atoms with Gasteiger partial charge in [0, 0.05) is 25.4 Å². The number of benzene rings is 1. The molecule has 1 aromatic carbocycles. The van der Waals surface area contributed by atoms with Gasteiger partial charge in [0.2, 0.25) is 10.0 Å². The highest BCUT2D eigenvalue weighted by Crippen LogP contribution is 2.28. The lowest BCUT2D eigenvalue weighted by Gasteiger charge is -2.31. The molecular weight excluding hydrogens is 302 g/mol. The number of hydrogen-bond donors (Lipinski definition) is 2. The third-order valence-corrected chi connectivity index (χ3v) is 5.52. The topological polar surface area (TPSA) is 83.6 Å². The van der Waals surface area contributed by atoms with Crippen LogP contribution in [-0.4, -0.2) is 37.5 Å². The fourth-order valence-corrected chi connectivity index (χ4v) is 4.24. The van der Waals surface area contributed by atoms with Crippen molar-refractivity contribution in [1.82, 2.24) is 4.31 Å². The van der Waals surface area contributed by atoms with E-state index in [1.54, 1.807) is 0 Å². The van der Waals surface area contributed by atoms with Crippen LogP contribution in [0.15, 0.2) is 17.0 Å². The fourth-order valence-electron chi connectivity index (χ4n) is 2.57. The molecule has 1 unspecified atom stereocenters. The Balaban J connectivity index is 2.34. The summed E-state index contributed by atoms with van der Waals surface area (Å²) in [5.74, 6) is -2.67.